The minimum absolute atomic E-state index is 0.171. The maximum atomic E-state index is 14.8. The third-order valence-electron chi connectivity index (χ3n) is 5.24. The smallest absolute Gasteiger partial charge is 0.263 e. The number of aryl methyl sites for hydroxylation is 1. The molecule has 0 bridgehead atoms. The molecule has 10 heteroatoms. The van der Waals surface area contributed by atoms with Crippen LogP contribution in [-0.4, -0.2) is 56.1 Å². The molecule has 178 valence electrons. The number of likely N-dealkylation sites (N-methyl/N-ethyl adjacent to an activating group) is 1. The topological polar surface area (TPSA) is 82.2 Å². The molecule has 3 aromatic rings. The summed E-state index contributed by atoms with van der Waals surface area (Å²) in [6.07, 6.45) is 2.66. The number of halogens is 2. The molecule has 0 aliphatic carbocycles. The number of nitrogens with zero attached hydrogens (tertiary/aromatic N) is 3. The molecule has 0 fully saturated rings. The van der Waals surface area contributed by atoms with Gasteiger partial charge in [0.2, 0.25) is 0 Å². The number of carbonyl (C=O) groups excluding carboxylic acids is 1. The molecule has 3 rings (SSSR count). The third-order valence-corrected chi connectivity index (χ3v) is 6.31. The van der Waals surface area contributed by atoms with Gasteiger partial charge in [-0.2, -0.15) is 0 Å². The van der Waals surface area contributed by atoms with Crippen LogP contribution in [0.4, 0.5) is 20.2 Å². The molecule has 0 aliphatic heterocycles. The van der Waals surface area contributed by atoms with Crippen LogP contribution in [0.15, 0.2) is 18.3 Å². The lowest BCUT2D eigenvalue weighted by molar-refractivity contribution is 0.0959. The minimum atomic E-state index is -0.479. The fourth-order valence-corrected chi connectivity index (χ4v) is 4.72. The lowest BCUT2D eigenvalue weighted by Crippen LogP contribution is -2.32. The van der Waals surface area contributed by atoms with Crippen molar-refractivity contribution < 1.29 is 13.6 Å². The van der Waals surface area contributed by atoms with Gasteiger partial charge in [0.1, 0.15) is 26.9 Å². The predicted molar refractivity (Wildman–Crippen MR) is 131 cm³/mol. The largest absolute Gasteiger partial charge is 0.385 e. The van der Waals surface area contributed by atoms with Gasteiger partial charge < -0.3 is 20.9 Å². The second-order valence-electron chi connectivity index (χ2n) is 7.71. The predicted octanol–water partition coefficient (Wildman–Crippen LogP) is 3.73. The maximum Gasteiger partial charge on any atom is 0.263 e. The van der Waals surface area contributed by atoms with E-state index in [1.165, 1.54) is 23.5 Å². The molecular weight excluding hydrogens is 446 g/mol. The Labute approximate surface area is 196 Å². The fraction of sp³-hybridized carbons (Fsp3) is 0.435. The molecule has 7 nitrogen and oxygen atoms in total. The Kier molecular flexibility index (Phi) is 8.51. The summed E-state index contributed by atoms with van der Waals surface area (Å²) < 4.78 is 29.5. The molecule has 33 heavy (non-hydrogen) atoms. The van der Waals surface area contributed by atoms with Crippen LogP contribution in [0, 0.1) is 18.6 Å². The summed E-state index contributed by atoms with van der Waals surface area (Å²) >= 11 is 1.25. The second kappa shape index (κ2) is 11.3. The summed E-state index contributed by atoms with van der Waals surface area (Å²) in [5.41, 5.74) is 2.50. The van der Waals surface area contributed by atoms with Crippen LogP contribution in [0.1, 0.15) is 34.3 Å². The highest BCUT2D eigenvalue weighted by atomic mass is 32.1. The van der Waals surface area contributed by atoms with Gasteiger partial charge in [0, 0.05) is 45.5 Å². The lowest BCUT2D eigenvalue weighted by Gasteiger charge is -2.25. The first-order valence-electron chi connectivity index (χ1n) is 11.0. The van der Waals surface area contributed by atoms with Gasteiger partial charge in [0.25, 0.3) is 5.91 Å². The monoisotopic (exact) mass is 476 g/mol. The molecule has 1 aromatic carbocycles. The first kappa shape index (κ1) is 24.8. The van der Waals surface area contributed by atoms with E-state index in [4.69, 9.17) is 0 Å². The van der Waals surface area contributed by atoms with Gasteiger partial charge in [-0.15, -0.1) is 11.3 Å². The normalized spacial score (nSPS) is 11.1. The molecule has 0 radical (unpaired) electrons. The molecule has 1 amide bonds. The number of hydrogen-bond donors (Lipinski definition) is 3. The quantitative estimate of drug-likeness (QED) is 0.391. The number of nitrogens with one attached hydrogen (secondary N) is 3. The molecule has 2 aromatic heterocycles. The van der Waals surface area contributed by atoms with E-state index in [0.29, 0.717) is 40.5 Å². The van der Waals surface area contributed by atoms with Crippen molar-refractivity contribution in [3.05, 3.63) is 46.1 Å². The van der Waals surface area contributed by atoms with Crippen molar-refractivity contribution in [2.75, 3.05) is 50.5 Å². The standard InChI is InChI=1S/C23H30F2N6OS/c1-5-9-31(10-8-26-3)18-12-16(24)15(11-17(18)25)6-7-28-22(32)21-19(27-4)20-23(33-21)30-14(2)13-29-20/h11-13,26-27H,5-10H2,1-4H3,(H,28,32). The van der Waals surface area contributed by atoms with Gasteiger partial charge >= 0.3 is 0 Å². The Bertz CT molecular complexity index is 1120. The summed E-state index contributed by atoms with van der Waals surface area (Å²) in [6, 6.07) is 2.48. The lowest BCUT2D eigenvalue weighted by atomic mass is 10.1. The maximum absolute atomic E-state index is 14.8. The Hall–Kier alpha value is -2.85. The van der Waals surface area contributed by atoms with E-state index in [0.717, 1.165) is 12.1 Å². The summed E-state index contributed by atoms with van der Waals surface area (Å²) in [7, 11) is 3.54. The molecule has 2 heterocycles. The molecule has 3 N–H and O–H groups in total. The van der Waals surface area contributed by atoms with E-state index in [1.54, 1.807) is 13.2 Å². The number of amides is 1. The first-order chi connectivity index (χ1) is 15.9. The van der Waals surface area contributed by atoms with E-state index in [9.17, 15) is 13.6 Å². The number of fused-ring (bicyclic) bond motifs is 1. The number of thiophene rings is 1. The zero-order valence-electron chi connectivity index (χ0n) is 19.4. The van der Waals surface area contributed by atoms with Gasteiger partial charge in [-0.05, 0) is 38.4 Å². The second-order valence-corrected chi connectivity index (χ2v) is 8.71. The highest BCUT2D eigenvalue weighted by molar-refractivity contribution is 7.21. The minimum Gasteiger partial charge on any atom is -0.385 e. The average Bonchev–Trinajstić information content (AvgIpc) is 3.16. The number of anilines is 2. The van der Waals surface area contributed by atoms with Crippen molar-refractivity contribution in [3.8, 4) is 0 Å². The van der Waals surface area contributed by atoms with Crippen LogP contribution < -0.4 is 20.9 Å². The van der Waals surface area contributed by atoms with Crippen LogP contribution in [0.3, 0.4) is 0 Å². The highest BCUT2D eigenvalue weighted by Gasteiger charge is 2.20. The molecular formula is C23H30F2N6OS. The average molecular weight is 477 g/mol. The Morgan fingerprint density at radius 3 is 2.64 bits per heavy atom. The fourth-order valence-electron chi connectivity index (χ4n) is 3.62. The van der Waals surface area contributed by atoms with Crippen molar-refractivity contribution in [1.29, 1.82) is 0 Å². The summed E-state index contributed by atoms with van der Waals surface area (Å²) in [5.74, 6) is -1.25. The van der Waals surface area contributed by atoms with Gasteiger partial charge in [-0.25, -0.2) is 18.7 Å². The first-order valence-corrected chi connectivity index (χ1v) is 11.8. The van der Waals surface area contributed by atoms with E-state index in [2.05, 4.69) is 25.9 Å². The number of hydrogen-bond acceptors (Lipinski definition) is 7. The Morgan fingerprint density at radius 1 is 1.15 bits per heavy atom. The SMILES string of the molecule is CCCN(CCNC)c1cc(F)c(CCNC(=O)c2sc3nc(C)cnc3c2NC)cc1F. The van der Waals surface area contributed by atoms with Gasteiger partial charge in [-0.1, -0.05) is 6.92 Å². The number of benzene rings is 1. The van der Waals surface area contributed by atoms with Crippen LogP contribution in [-0.2, 0) is 6.42 Å². The number of rotatable bonds is 11. The van der Waals surface area contributed by atoms with Crippen molar-refractivity contribution in [1.82, 2.24) is 20.6 Å². The molecule has 0 saturated heterocycles. The van der Waals surface area contributed by atoms with E-state index < -0.39 is 11.6 Å². The molecule has 0 unspecified atom stereocenters. The summed E-state index contributed by atoms with van der Waals surface area (Å²) in [4.78, 5) is 24.5. The molecule has 0 atom stereocenters. The van der Waals surface area contributed by atoms with Gasteiger partial charge in [0.15, 0.2) is 0 Å². The van der Waals surface area contributed by atoms with Crippen LogP contribution in [0.5, 0.6) is 0 Å². The highest BCUT2D eigenvalue weighted by Crippen LogP contribution is 2.33. The van der Waals surface area contributed by atoms with Crippen molar-refractivity contribution in [2.45, 2.75) is 26.7 Å². The van der Waals surface area contributed by atoms with Gasteiger partial charge in [-0.3, -0.25) is 4.79 Å². The Morgan fingerprint density at radius 2 is 1.94 bits per heavy atom. The van der Waals surface area contributed by atoms with E-state index >= 15 is 0 Å². The van der Waals surface area contributed by atoms with Crippen LogP contribution in [0.2, 0.25) is 0 Å². The summed E-state index contributed by atoms with van der Waals surface area (Å²) in [5, 5.41) is 8.85. The number of aromatic nitrogens is 2. The van der Waals surface area contributed by atoms with Crippen molar-refractivity contribution in [2.24, 2.45) is 0 Å². The van der Waals surface area contributed by atoms with Crippen molar-refractivity contribution >= 4 is 39.0 Å². The molecule has 0 spiro atoms. The van der Waals surface area contributed by atoms with Crippen LogP contribution >= 0.6 is 11.3 Å². The Balaban J connectivity index is 1.70. The zero-order chi connectivity index (χ0) is 24.0. The van der Waals surface area contributed by atoms with E-state index in [-0.39, 0.29) is 30.1 Å². The van der Waals surface area contributed by atoms with Crippen molar-refractivity contribution in [3.63, 3.8) is 0 Å². The zero-order valence-corrected chi connectivity index (χ0v) is 20.2. The molecule has 0 saturated carbocycles. The summed E-state index contributed by atoms with van der Waals surface area (Å²) in [6.45, 7) is 5.91. The third kappa shape index (κ3) is 5.75. The number of carbonyl (C=O) groups is 1. The van der Waals surface area contributed by atoms with Gasteiger partial charge in [0.05, 0.1) is 17.1 Å². The van der Waals surface area contributed by atoms with E-state index in [1.807, 2.05) is 25.8 Å². The van der Waals surface area contributed by atoms with Crippen LogP contribution in [0.25, 0.3) is 10.3 Å². The molecule has 0 aliphatic rings.